The Morgan fingerprint density at radius 1 is 1.44 bits per heavy atom. The van der Waals surface area contributed by atoms with Gasteiger partial charge in [-0.15, -0.1) is 0 Å². The van der Waals surface area contributed by atoms with Crippen molar-refractivity contribution in [3.05, 3.63) is 35.4 Å². The minimum Gasteiger partial charge on any atom is -0.392 e. The summed E-state index contributed by atoms with van der Waals surface area (Å²) in [5.74, 6) is 0.0910. The molecule has 16 heavy (non-hydrogen) atoms. The Balaban J connectivity index is 1.93. The van der Waals surface area contributed by atoms with E-state index < -0.39 is 6.10 Å². The van der Waals surface area contributed by atoms with Crippen molar-refractivity contribution >= 4 is 5.91 Å². The molecule has 86 valence electrons. The van der Waals surface area contributed by atoms with Gasteiger partial charge in [-0.3, -0.25) is 4.79 Å². The third-order valence-corrected chi connectivity index (χ3v) is 2.99. The summed E-state index contributed by atoms with van der Waals surface area (Å²) in [7, 11) is 0. The lowest BCUT2D eigenvalue weighted by atomic mass is 10.1. The van der Waals surface area contributed by atoms with Gasteiger partial charge in [-0.05, 0) is 30.9 Å². The van der Waals surface area contributed by atoms with Crippen LogP contribution in [0.1, 0.15) is 18.1 Å². The highest BCUT2D eigenvalue weighted by Crippen LogP contribution is 2.26. The van der Waals surface area contributed by atoms with Gasteiger partial charge < -0.3 is 10.4 Å². The van der Waals surface area contributed by atoms with Crippen molar-refractivity contribution in [2.45, 2.75) is 25.9 Å². The van der Waals surface area contributed by atoms with Crippen LogP contribution in [0.2, 0.25) is 0 Å². The van der Waals surface area contributed by atoms with Gasteiger partial charge in [0.15, 0.2) is 0 Å². The average molecular weight is 219 g/mol. The van der Waals surface area contributed by atoms with Crippen LogP contribution in [0.15, 0.2) is 24.3 Å². The smallest absolute Gasteiger partial charge is 0.223 e. The molecule has 0 aromatic heterocycles. The summed E-state index contributed by atoms with van der Waals surface area (Å²) >= 11 is 0. The SMILES string of the molecule is C[C@@H](O)CNC(=O)C1Cc2ccccc2C1. The van der Waals surface area contributed by atoms with E-state index >= 15 is 0 Å². The van der Waals surface area contributed by atoms with Gasteiger partial charge in [-0.2, -0.15) is 0 Å². The number of aliphatic hydroxyl groups excluding tert-OH is 1. The lowest BCUT2D eigenvalue weighted by Crippen LogP contribution is -2.35. The zero-order chi connectivity index (χ0) is 11.5. The predicted octanol–water partition coefficient (Wildman–Crippen LogP) is 0.898. The molecule has 0 unspecified atom stereocenters. The maximum Gasteiger partial charge on any atom is 0.223 e. The maximum atomic E-state index is 11.8. The number of benzene rings is 1. The molecule has 1 atom stereocenters. The number of carbonyl (C=O) groups is 1. The van der Waals surface area contributed by atoms with E-state index in [4.69, 9.17) is 5.11 Å². The predicted molar refractivity (Wildman–Crippen MR) is 62.0 cm³/mol. The zero-order valence-corrected chi connectivity index (χ0v) is 9.44. The van der Waals surface area contributed by atoms with Crippen molar-refractivity contribution in [2.75, 3.05) is 6.54 Å². The van der Waals surface area contributed by atoms with E-state index in [0.717, 1.165) is 12.8 Å². The number of carbonyl (C=O) groups excluding carboxylic acids is 1. The van der Waals surface area contributed by atoms with E-state index in [1.165, 1.54) is 11.1 Å². The summed E-state index contributed by atoms with van der Waals surface area (Å²) in [6, 6.07) is 8.18. The first-order chi connectivity index (χ1) is 7.66. The van der Waals surface area contributed by atoms with Crippen LogP contribution >= 0.6 is 0 Å². The van der Waals surface area contributed by atoms with Gasteiger partial charge in [-0.1, -0.05) is 24.3 Å². The molecule has 0 spiro atoms. The van der Waals surface area contributed by atoms with E-state index in [0.29, 0.717) is 6.54 Å². The van der Waals surface area contributed by atoms with Gasteiger partial charge in [0, 0.05) is 12.5 Å². The summed E-state index contributed by atoms with van der Waals surface area (Å²) in [6.45, 7) is 2.01. The van der Waals surface area contributed by atoms with Crippen LogP contribution in [0.5, 0.6) is 0 Å². The Labute approximate surface area is 95.5 Å². The summed E-state index contributed by atoms with van der Waals surface area (Å²) < 4.78 is 0. The van der Waals surface area contributed by atoms with Crippen LogP contribution in [0.25, 0.3) is 0 Å². The van der Waals surface area contributed by atoms with E-state index in [9.17, 15) is 4.79 Å². The normalized spacial score (nSPS) is 16.9. The van der Waals surface area contributed by atoms with Crippen LogP contribution < -0.4 is 5.32 Å². The average Bonchev–Trinajstić information content (AvgIpc) is 2.69. The largest absolute Gasteiger partial charge is 0.392 e. The Morgan fingerprint density at radius 3 is 2.50 bits per heavy atom. The van der Waals surface area contributed by atoms with Crippen molar-refractivity contribution in [1.82, 2.24) is 5.32 Å². The topological polar surface area (TPSA) is 49.3 Å². The van der Waals surface area contributed by atoms with Crippen molar-refractivity contribution < 1.29 is 9.90 Å². The van der Waals surface area contributed by atoms with Crippen LogP contribution in [0.4, 0.5) is 0 Å². The highest BCUT2D eigenvalue weighted by atomic mass is 16.3. The lowest BCUT2D eigenvalue weighted by Gasteiger charge is -2.11. The van der Waals surface area contributed by atoms with Crippen LogP contribution in [-0.4, -0.2) is 23.7 Å². The quantitative estimate of drug-likeness (QED) is 0.793. The molecule has 3 nitrogen and oxygen atoms in total. The third kappa shape index (κ3) is 2.42. The number of hydrogen-bond donors (Lipinski definition) is 2. The third-order valence-electron chi connectivity index (χ3n) is 2.99. The minimum atomic E-state index is -0.479. The minimum absolute atomic E-state index is 0.0381. The Morgan fingerprint density at radius 2 is 2.00 bits per heavy atom. The van der Waals surface area contributed by atoms with Crippen molar-refractivity contribution in [1.29, 1.82) is 0 Å². The van der Waals surface area contributed by atoms with Gasteiger partial charge >= 0.3 is 0 Å². The number of aliphatic hydroxyl groups is 1. The highest BCUT2D eigenvalue weighted by molar-refractivity contribution is 5.80. The summed E-state index contributed by atoms with van der Waals surface area (Å²) in [4.78, 5) is 11.8. The van der Waals surface area contributed by atoms with Crippen LogP contribution in [0.3, 0.4) is 0 Å². The Bertz CT molecular complexity index is 362. The highest BCUT2D eigenvalue weighted by Gasteiger charge is 2.26. The molecule has 1 amide bonds. The fourth-order valence-corrected chi connectivity index (χ4v) is 2.14. The molecule has 0 fully saturated rings. The number of nitrogens with one attached hydrogen (secondary N) is 1. The molecule has 1 aromatic rings. The number of amides is 1. The summed E-state index contributed by atoms with van der Waals surface area (Å²) in [6.07, 6.45) is 1.16. The van der Waals surface area contributed by atoms with Gasteiger partial charge in [-0.25, -0.2) is 0 Å². The maximum absolute atomic E-state index is 11.8. The molecule has 0 radical (unpaired) electrons. The zero-order valence-electron chi connectivity index (χ0n) is 9.44. The summed E-state index contributed by atoms with van der Waals surface area (Å²) in [5, 5.41) is 11.9. The fraction of sp³-hybridized carbons (Fsp3) is 0.462. The number of hydrogen-bond acceptors (Lipinski definition) is 2. The molecule has 0 saturated heterocycles. The standard InChI is InChI=1S/C13H17NO2/c1-9(15)8-14-13(16)12-6-10-4-2-3-5-11(10)7-12/h2-5,9,12,15H,6-8H2,1H3,(H,14,16)/t9-/m1/s1. The fourth-order valence-electron chi connectivity index (χ4n) is 2.14. The van der Waals surface area contributed by atoms with E-state index in [1.54, 1.807) is 6.92 Å². The molecular weight excluding hydrogens is 202 g/mol. The van der Waals surface area contributed by atoms with Gasteiger partial charge in [0.2, 0.25) is 5.91 Å². The first-order valence-electron chi connectivity index (χ1n) is 5.69. The second kappa shape index (κ2) is 4.66. The monoisotopic (exact) mass is 219 g/mol. The molecule has 1 aliphatic carbocycles. The summed E-state index contributed by atoms with van der Waals surface area (Å²) in [5.41, 5.74) is 2.55. The van der Waals surface area contributed by atoms with Gasteiger partial charge in [0.25, 0.3) is 0 Å². The van der Waals surface area contributed by atoms with Crippen LogP contribution in [0, 0.1) is 5.92 Å². The number of fused-ring (bicyclic) bond motifs is 1. The molecule has 1 aromatic carbocycles. The van der Waals surface area contributed by atoms with E-state index in [2.05, 4.69) is 17.4 Å². The van der Waals surface area contributed by atoms with Crippen LogP contribution in [-0.2, 0) is 17.6 Å². The Hall–Kier alpha value is -1.35. The molecule has 0 saturated carbocycles. The Kier molecular flexibility index (Phi) is 3.25. The molecule has 0 bridgehead atoms. The molecule has 3 heteroatoms. The van der Waals surface area contributed by atoms with E-state index in [-0.39, 0.29) is 11.8 Å². The number of rotatable bonds is 3. The molecule has 0 aliphatic heterocycles. The molecule has 2 rings (SSSR count). The van der Waals surface area contributed by atoms with Gasteiger partial charge in [0.1, 0.15) is 0 Å². The second-order valence-corrected chi connectivity index (χ2v) is 4.47. The van der Waals surface area contributed by atoms with Crippen molar-refractivity contribution in [3.8, 4) is 0 Å². The van der Waals surface area contributed by atoms with Crippen molar-refractivity contribution in [3.63, 3.8) is 0 Å². The van der Waals surface area contributed by atoms with Crippen molar-refractivity contribution in [2.24, 2.45) is 5.92 Å². The molecular formula is C13H17NO2. The molecule has 1 aliphatic rings. The second-order valence-electron chi connectivity index (χ2n) is 4.47. The molecule has 2 N–H and O–H groups in total. The lowest BCUT2D eigenvalue weighted by molar-refractivity contribution is -0.125. The van der Waals surface area contributed by atoms with E-state index in [1.807, 2.05) is 12.1 Å². The first kappa shape index (κ1) is 11.1. The first-order valence-corrected chi connectivity index (χ1v) is 5.69. The van der Waals surface area contributed by atoms with Gasteiger partial charge in [0.05, 0.1) is 6.10 Å². The molecule has 0 heterocycles.